The number of esters is 1. The molecule has 3 nitrogen and oxygen atoms in total. The molecule has 0 fully saturated rings. The lowest BCUT2D eigenvalue weighted by Gasteiger charge is -1.98. The molecule has 3 heteroatoms. The van der Waals surface area contributed by atoms with Crippen molar-refractivity contribution < 1.29 is 9.53 Å². The van der Waals surface area contributed by atoms with Gasteiger partial charge in [0.2, 0.25) is 0 Å². The van der Waals surface area contributed by atoms with E-state index in [4.69, 9.17) is 4.74 Å². The Balaban J connectivity index is 1.87. The van der Waals surface area contributed by atoms with E-state index in [1.165, 1.54) is 6.20 Å². The summed E-state index contributed by atoms with van der Waals surface area (Å²) in [6.07, 6.45) is 3.07. The number of hydrogen-bond acceptors (Lipinski definition) is 3. The maximum Gasteiger partial charge on any atom is 0.340 e. The van der Waals surface area contributed by atoms with Gasteiger partial charge in [-0.2, -0.15) is 0 Å². The van der Waals surface area contributed by atoms with Crippen LogP contribution in [-0.2, 0) is 4.74 Å². The predicted molar refractivity (Wildman–Crippen MR) is 67.8 cm³/mol. The van der Waals surface area contributed by atoms with E-state index >= 15 is 0 Å². The molecule has 0 unspecified atom stereocenters. The molecule has 0 aliphatic carbocycles. The van der Waals surface area contributed by atoms with Gasteiger partial charge in [-0.1, -0.05) is 30.0 Å². The van der Waals surface area contributed by atoms with Gasteiger partial charge >= 0.3 is 5.97 Å². The van der Waals surface area contributed by atoms with Crippen LogP contribution in [0.3, 0.4) is 0 Å². The number of hydrogen-bond donors (Lipinski definition) is 0. The van der Waals surface area contributed by atoms with Crippen molar-refractivity contribution in [3.63, 3.8) is 0 Å². The summed E-state index contributed by atoms with van der Waals surface area (Å²) in [5.74, 6) is 5.29. The van der Waals surface area contributed by atoms with E-state index in [2.05, 4.69) is 16.8 Å². The third kappa shape index (κ3) is 3.46. The Hall–Kier alpha value is -2.60. The van der Waals surface area contributed by atoms with Crippen molar-refractivity contribution in [2.45, 2.75) is 0 Å². The second-order valence-electron chi connectivity index (χ2n) is 3.49. The SMILES string of the molecule is O=C(OCC#Cc1ccccc1)c1cccnc1. The van der Waals surface area contributed by atoms with E-state index in [9.17, 15) is 4.79 Å². The fourth-order valence-corrected chi connectivity index (χ4v) is 1.33. The van der Waals surface area contributed by atoms with Crippen LogP contribution in [0, 0.1) is 11.8 Å². The highest BCUT2D eigenvalue weighted by atomic mass is 16.5. The maximum atomic E-state index is 11.5. The molecule has 88 valence electrons. The van der Waals surface area contributed by atoms with Crippen LogP contribution in [-0.4, -0.2) is 17.6 Å². The summed E-state index contributed by atoms with van der Waals surface area (Å²) in [7, 11) is 0. The highest BCUT2D eigenvalue weighted by molar-refractivity contribution is 5.88. The normalized spacial score (nSPS) is 9.11. The number of pyridine rings is 1. The number of rotatable bonds is 2. The lowest BCUT2D eigenvalue weighted by molar-refractivity contribution is 0.0556. The third-order valence-corrected chi connectivity index (χ3v) is 2.18. The molecule has 18 heavy (non-hydrogen) atoms. The lowest BCUT2D eigenvalue weighted by Crippen LogP contribution is -2.05. The summed E-state index contributed by atoms with van der Waals surface area (Å²) >= 11 is 0. The summed E-state index contributed by atoms with van der Waals surface area (Å²) in [6, 6.07) is 12.9. The minimum atomic E-state index is -0.412. The fourth-order valence-electron chi connectivity index (χ4n) is 1.33. The van der Waals surface area contributed by atoms with Crippen molar-refractivity contribution in [1.82, 2.24) is 4.98 Å². The lowest BCUT2D eigenvalue weighted by atomic mass is 10.2. The molecule has 0 saturated carbocycles. The Morgan fingerprint density at radius 2 is 2.00 bits per heavy atom. The smallest absolute Gasteiger partial charge is 0.340 e. The van der Waals surface area contributed by atoms with Gasteiger partial charge in [0.15, 0.2) is 6.61 Å². The zero-order valence-electron chi connectivity index (χ0n) is 9.67. The highest BCUT2D eigenvalue weighted by Crippen LogP contribution is 1.98. The van der Waals surface area contributed by atoms with Crippen LogP contribution in [0.4, 0.5) is 0 Å². The van der Waals surface area contributed by atoms with Gasteiger partial charge in [0.05, 0.1) is 5.56 Å². The maximum absolute atomic E-state index is 11.5. The topological polar surface area (TPSA) is 39.2 Å². The van der Waals surface area contributed by atoms with Gasteiger partial charge in [0.1, 0.15) is 0 Å². The zero-order chi connectivity index (χ0) is 12.6. The largest absolute Gasteiger partial charge is 0.449 e. The molecule has 0 amide bonds. The summed E-state index contributed by atoms with van der Waals surface area (Å²) < 4.78 is 5.00. The number of benzene rings is 1. The number of carbonyl (C=O) groups is 1. The van der Waals surface area contributed by atoms with Crippen molar-refractivity contribution in [2.24, 2.45) is 0 Å². The molecular formula is C15H11NO2. The first-order chi connectivity index (χ1) is 8.86. The van der Waals surface area contributed by atoms with Crippen molar-refractivity contribution in [3.05, 3.63) is 66.0 Å². The summed E-state index contributed by atoms with van der Waals surface area (Å²) in [5.41, 5.74) is 1.33. The van der Waals surface area contributed by atoms with E-state index < -0.39 is 5.97 Å². The first-order valence-electron chi connectivity index (χ1n) is 5.47. The number of ether oxygens (including phenoxy) is 1. The van der Waals surface area contributed by atoms with Crippen LogP contribution < -0.4 is 0 Å². The van der Waals surface area contributed by atoms with E-state index in [0.717, 1.165) is 5.56 Å². The molecule has 0 N–H and O–H groups in total. The van der Waals surface area contributed by atoms with Crippen LogP contribution >= 0.6 is 0 Å². The predicted octanol–water partition coefficient (Wildman–Crippen LogP) is 2.29. The third-order valence-electron chi connectivity index (χ3n) is 2.18. The minimum Gasteiger partial charge on any atom is -0.449 e. The van der Waals surface area contributed by atoms with Gasteiger partial charge in [-0.3, -0.25) is 4.98 Å². The number of carbonyl (C=O) groups excluding carboxylic acids is 1. The van der Waals surface area contributed by atoms with Crippen LogP contribution in [0.1, 0.15) is 15.9 Å². The van der Waals surface area contributed by atoms with Gasteiger partial charge in [0, 0.05) is 18.0 Å². The molecule has 0 radical (unpaired) electrons. The number of aromatic nitrogens is 1. The van der Waals surface area contributed by atoms with E-state index in [1.807, 2.05) is 30.3 Å². The quantitative estimate of drug-likeness (QED) is 0.594. The Morgan fingerprint density at radius 1 is 1.17 bits per heavy atom. The number of nitrogens with zero attached hydrogens (tertiary/aromatic N) is 1. The van der Waals surface area contributed by atoms with Gasteiger partial charge in [-0.15, -0.1) is 0 Å². The van der Waals surface area contributed by atoms with Crippen molar-refractivity contribution >= 4 is 5.97 Å². The van der Waals surface area contributed by atoms with Crippen LogP contribution in [0.15, 0.2) is 54.9 Å². The van der Waals surface area contributed by atoms with Gasteiger partial charge in [-0.05, 0) is 24.3 Å². The van der Waals surface area contributed by atoms with Gasteiger partial charge in [-0.25, -0.2) is 4.79 Å². The van der Waals surface area contributed by atoms with Crippen LogP contribution in [0.25, 0.3) is 0 Å². The molecule has 1 aromatic carbocycles. The molecule has 0 saturated heterocycles. The first kappa shape index (κ1) is 11.9. The average Bonchev–Trinajstić information content (AvgIpc) is 2.45. The first-order valence-corrected chi connectivity index (χ1v) is 5.47. The summed E-state index contributed by atoms with van der Waals surface area (Å²) in [5, 5.41) is 0. The molecule has 0 aliphatic rings. The summed E-state index contributed by atoms with van der Waals surface area (Å²) in [6.45, 7) is 0.0720. The standard InChI is InChI=1S/C15H11NO2/c17-15(14-9-4-10-16-12-14)18-11-5-8-13-6-2-1-3-7-13/h1-4,6-7,9-10,12H,11H2. The Bertz CT molecular complexity index is 568. The van der Waals surface area contributed by atoms with Crippen molar-refractivity contribution in [3.8, 4) is 11.8 Å². The molecule has 1 heterocycles. The zero-order valence-corrected chi connectivity index (χ0v) is 9.67. The second kappa shape index (κ2) is 6.21. The second-order valence-corrected chi connectivity index (χ2v) is 3.49. The van der Waals surface area contributed by atoms with Gasteiger partial charge < -0.3 is 4.74 Å². The van der Waals surface area contributed by atoms with Crippen molar-refractivity contribution in [2.75, 3.05) is 6.61 Å². The molecule has 0 aliphatic heterocycles. The monoisotopic (exact) mass is 237 g/mol. The summed E-state index contributed by atoms with van der Waals surface area (Å²) in [4.78, 5) is 15.4. The Labute approximate surface area is 105 Å². The fraction of sp³-hybridized carbons (Fsp3) is 0.0667. The molecule has 2 rings (SSSR count). The van der Waals surface area contributed by atoms with E-state index in [1.54, 1.807) is 18.3 Å². The highest BCUT2D eigenvalue weighted by Gasteiger charge is 2.04. The Kier molecular flexibility index (Phi) is 4.10. The van der Waals surface area contributed by atoms with Crippen molar-refractivity contribution in [1.29, 1.82) is 0 Å². The Morgan fingerprint density at radius 3 is 2.72 bits per heavy atom. The average molecular weight is 237 g/mol. The van der Waals surface area contributed by atoms with E-state index in [0.29, 0.717) is 5.56 Å². The minimum absolute atomic E-state index is 0.0720. The molecule has 2 aromatic rings. The molecule has 0 spiro atoms. The molecule has 0 atom stereocenters. The molecular weight excluding hydrogens is 226 g/mol. The van der Waals surface area contributed by atoms with E-state index in [-0.39, 0.29) is 6.61 Å². The molecule has 0 bridgehead atoms. The molecule has 1 aromatic heterocycles. The van der Waals surface area contributed by atoms with Crippen LogP contribution in [0.5, 0.6) is 0 Å². The van der Waals surface area contributed by atoms with Gasteiger partial charge in [0.25, 0.3) is 0 Å². The van der Waals surface area contributed by atoms with Crippen LogP contribution in [0.2, 0.25) is 0 Å².